The molecule has 5 nitrogen and oxygen atoms in total. The van der Waals surface area contributed by atoms with E-state index < -0.39 is 5.54 Å². The molecular formula is C15H21N3O2. The predicted octanol–water partition coefficient (Wildman–Crippen LogP) is 1.83. The molecular weight excluding hydrogens is 254 g/mol. The Morgan fingerprint density at radius 3 is 2.80 bits per heavy atom. The molecule has 1 aliphatic rings. The molecule has 20 heavy (non-hydrogen) atoms. The van der Waals surface area contributed by atoms with Crippen molar-refractivity contribution in [2.45, 2.75) is 38.8 Å². The van der Waals surface area contributed by atoms with Crippen LogP contribution >= 0.6 is 0 Å². The summed E-state index contributed by atoms with van der Waals surface area (Å²) in [6.07, 6.45) is 2.04. The van der Waals surface area contributed by atoms with Crippen LogP contribution in [0.2, 0.25) is 0 Å². The second kappa shape index (κ2) is 5.68. The lowest BCUT2D eigenvalue weighted by atomic mass is 9.98. The van der Waals surface area contributed by atoms with Crippen molar-refractivity contribution >= 4 is 5.91 Å². The topological polar surface area (TPSA) is 69.3 Å². The third-order valence-corrected chi connectivity index (χ3v) is 3.66. The summed E-state index contributed by atoms with van der Waals surface area (Å²) in [5, 5.41) is 12.1. The van der Waals surface area contributed by atoms with Crippen molar-refractivity contribution in [2.75, 3.05) is 13.6 Å². The summed E-state index contributed by atoms with van der Waals surface area (Å²) in [6, 6.07) is 6.04. The number of carbonyl (C=O) groups excluding carboxylic acids is 1. The Morgan fingerprint density at radius 1 is 1.60 bits per heavy atom. The molecule has 1 fully saturated rings. The zero-order valence-electron chi connectivity index (χ0n) is 12.3. The Morgan fingerprint density at radius 2 is 2.30 bits per heavy atom. The van der Waals surface area contributed by atoms with Crippen molar-refractivity contribution in [1.82, 2.24) is 10.2 Å². The van der Waals surface area contributed by atoms with Gasteiger partial charge in [-0.05, 0) is 51.8 Å². The molecule has 0 aliphatic heterocycles. The van der Waals surface area contributed by atoms with Gasteiger partial charge in [-0.3, -0.25) is 9.69 Å². The minimum Gasteiger partial charge on any atom is -0.465 e. The average molecular weight is 275 g/mol. The number of hydrogen-bond acceptors (Lipinski definition) is 4. The number of likely N-dealkylation sites (N-methyl/N-ethyl adjacent to an activating group) is 1. The summed E-state index contributed by atoms with van der Waals surface area (Å²) in [5.74, 6) is 1.88. The van der Waals surface area contributed by atoms with Crippen LogP contribution < -0.4 is 5.32 Å². The highest BCUT2D eigenvalue weighted by Crippen LogP contribution is 2.39. The summed E-state index contributed by atoms with van der Waals surface area (Å²) in [6.45, 7) is 4.53. The third kappa shape index (κ3) is 3.61. The smallest absolute Gasteiger partial charge is 0.235 e. The second-order valence-corrected chi connectivity index (χ2v) is 5.82. The van der Waals surface area contributed by atoms with Crippen molar-refractivity contribution < 1.29 is 9.21 Å². The van der Waals surface area contributed by atoms with E-state index in [2.05, 4.69) is 11.4 Å². The average Bonchev–Trinajstić information content (AvgIpc) is 3.14. The van der Waals surface area contributed by atoms with E-state index in [4.69, 9.17) is 4.42 Å². The fraction of sp³-hybridized carbons (Fsp3) is 0.600. The van der Waals surface area contributed by atoms with Crippen LogP contribution in [0.25, 0.3) is 0 Å². The van der Waals surface area contributed by atoms with Crippen LogP contribution in [0.5, 0.6) is 0 Å². The summed E-state index contributed by atoms with van der Waals surface area (Å²) in [5.41, 5.74) is -0.723. The number of nitriles is 1. The molecule has 0 spiro atoms. The zero-order chi connectivity index (χ0) is 14.8. The minimum atomic E-state index is -0.723. The van der Waals surface area contributed by atoms with Crippen LogP contribution in [0.15, 0.2) is 16.5 Å². The van der Waals surface area contributed by atoms with Crippen molar-refractivity contribution in [2.24, 2.45) is 5.92 Å². The van der Waals surface area contributed by atoms with Crippen LogP contribution in [-0.4, -0.2) is 29.9 Å². The fourth-order valence-electron chi connectivity index (χ4n) is 2.35. The van der Waals surface area contributed by atoms with Gasteiger partial charge in [0.1, 0.15) is 17.1 Å². The highest BCUT2D eigenvalue weighted by molar-refractivity contribution is 5.79. The van der Waals surface area contributed by atoms with Gasteiger partial charge in [0, 0.05) is 0 Å². The van der Waals surface area contributed by atoms with E-state index >= 15 is 0 Å². The first-order valence-electron chi connectivity index (χ1n) is 6.89. The fourth-order valence-corrected chi connectivity index (χ4v) is 2.35. The summed E-state index contributed by atoms with van der Waals surface area (Å²) < 4.78 is 5.48. The van der Waals surface area contributed by atoms with Gasteiger partial charge in [-0.15, -0.1) is 0 Å². The normalized spacial score (nSPS) is 17.6. The lowest BCUT2D eigenvalue weighted by Crippen LogP contribution is -2.49. The molecule has 1 heterocycles. The van der Waals surface area contributed by atoms with E-state index in [0.29, 0.717) is 12.5 Å². The Hall–Kier alpha value is -1.80. The zero-order valence-corrected chi connectivity index (χ0v) is 12.3. The summed E-state index contributed by atoms with van der Waals surface area (Å²) in [7, 11) is 1.86. The van der Waals surface area contributed by atoms with Crippen LogP contribution in [0.4, 0.5) is 0 Å². The van der Waals surface area contributed by atoms with E-state index in [1.165, 1.54) is 0 Å². The Bertz CT molecular complexity index is 527. The van der Waals surface area contributed by atoms with Crippen molar-refractivity contribution in [3.8, 4) is 6.07 Å². The molecule has 1 saturated carbocycles. The molecule has 1 amide bonds. The van der Waals surface area contributed by atoms with Gasteiger partial charge in [-0.1, -0.05) is 0 Å². The molecule has 108 valence electrons. The largest absolute Gasteiger partial charge is 0.465 e. The number of amides is 1. The molecule has 2 rings (SSSR count). The second-order valence-electron chi connectivity index (χ2n) is 5.82. The quantitative estimate of drug-likeness (QED) is 0.860. The van der Waals surface area contributed by atoms with Crippen molar-refractivity contribution in [3.05, 3.63) is 23.7 Å². The van der Waals surface area contributed by atoms with E-state index in [9.17, 15) is 10.1 Å². The first-order chi connectivity index (χ1) is 9.43. The molecule has 0 bridgehead atoms. The molecule has 0 unspecified atom stereocenters. The lowest BCUT2D eigenvalue weighted by molar-refractivity contribution is -0.123. The summed E-state index contributed by atoms with van der Waals surface area (Å²) in [4.78, 5) is 13.9. The van der Waals surface area contributed by atoms with E-state index in [1.807, 2.05) is 31.0 Å². The van der Waals surface area contributed by atoms with Gasteiger partial charge in [0.15, 0.2) is 0 Å². The van der Waals surface area contributed by atoms with Gasteiger partial charge in [-0.25, -0.2) is 0 Å². The number of nitrogens with zero attached hydrogens (tertiary/aromatic N) is 2. The van der Waals surface area contributed by atoms with E-state index in [0.717, 1.165) is 24.4 Å². The molecule has 0 aromatic carbocycles. The molecule has 0 saturated heterocycles. The van der Waals surface area contributed by atoms with Crippen molar-refractivity contribution in [1.29, 1.82) is 5.26 Å². The first-order valence-corrected chi connectivity index (χ1v) is 6.89. The molecule has 1 N–H and O–H groups in total. The van der Waals surface area contributed by atoms with E-state index in [1.54, 1.807) is 6.92 Å². The highest BCUT2D eigenvalue weighted by atomic mass is 16.3. The predicted molar refractivity (Wildman–Crippen MR) is 74.7 cm³/mol. The van der Waals surface area contributed by atoms with Gasteiger partial charge >= 0.3 is 0 Å². The van der Waals surface area contributed by atoms with Crippen LogP contribution in [0.1, 0.15) is 31.3 Å². The van der Waals surface area contributed by atoms with Crippen LogP contribution in [-0.2, 0) is 11.3 Å². The molecule has 5 heteroatoms. The summed E-state index contributed by atoms with van der Waals surface area (Å²) >= 11 is 0. The molecule has 1 aliphatic carbocycles. The molecule has 1 aromatic heterocycles. The number of aryl methyl sites for hydroxylation is 1. The van der Waals surface area contributed by atoms with Gasteiger partial charge < -0.3 is 9.73 Å². The number of nitrogens with one attached hydrogen (secondary N) is 1. The lowest BCUT2D eigenvalue weighted by Gasteiger charge is -2.24. The first kappa shape index (κ1) is 14.6. The molecule has 1 aromatic rings. The van der Waals surface area contributed by atoms with Gasteiger partial charge in [0.05, 0.1) is 19.2 Å². The number of rotatable bonds is 6. The Labute approximate surface area is 119 Å². The minimum absolute atomic E-state index is 0.119. The van der Waals surface area contributed by atoms with E-state index in [-0.39, 0.29) is 12.5 Å². The SMILES string of the molecule is Cc1ccc(CN(C)CC(=O)N[C@@](C)(C#N)C2CC2)o1. The number of hydrogen-bond donors (Lipinski definition) is 1. The Kier molecular flexibility index (Phi) is 4.15. The van der Waals surface area contributed by atoms with Crippen LogP contribution in [0, 0.1) is 24.2 Å². The maximum absolute atomic E-state index is 12.0. The maximum Gasteiger partial charge on any atom is 0.235 e. The van der Waals surface area contributed by atoms with Gasteiger partial charge in [0.2, 0.25) is 5.91 Å². The number of carbonyl (C=O) groups is 1. The van der Waals surface area contributed by atoms with Crippen LogP contribution in [0.3, 0.4) is 0 Å². The van der Waals surface area contributed by atoms with Gasteiger partial charge in [-0.2, -0.15) is 5.26 Å². The molecule has 0 radical (unpaired) electrons. The third-order valence-electron chi connectivity index (χ3n) is 3.66. The highest BCUT2D eigenvalue weighted by Gasteiger charge is 2.43. The molecule has 1 atom stereocenters. The standard InChI is InChI=1S/C15H21N3O2/c1-11-4-7-13(20-11)8-18(3)9-14(19)17-15(2,10-16)12-5-6-12/h4,7,12H,5-6,8-9H2,1-3H3,(H,17,19)/t15-/m0/s1. The monoisotopic (exact) mass is 275 g/mol. The number of furan rings is 1. The Balaban J connectivity index is 1.83. The maximum atomic E-state index is 12.0. The van der Waals surface area contributed by atoms with Gasteiger partial charge in [0.25, 0.3) is 0 Å². The van der Waals surface area contributed by atoms with Crippen molar-refractivity contribution in [3.63, 3.8) is 0 Å².